The van der Waals surface area contributed by atoms with E-state index in [-0.39, 0.29) is 4.90 Å². The predicted octanol–water partition coefficient (Wildman–Crippen LogP) is 3.34. The first-order chi connectivity index (χ1) is 9.29. The van der Waals surface area contributed by atoms with Crippen molar-refractivity contribution in [2.75, 3.05) is 10.5 Å². The highest BCUT2D eigenvalue weighted by Crippen LogP contribution is 2.28. The highest BCUT2D eigenvalue weighted by atomic mass is 35.5. The van der Waals surface area contributed by atoms with Crippen molar-refractivity contribution in [3.63, 3.8) is 0 Å². The lowest BCUT2D eigenvalue weighted by Crippen LogP contribution is -2.14. The zero-order valence-electron chi connectivity index (χ0n) is 11.1. The van der Waals surface area contributed by atoms with Crippen molar-refractivity contribution in [2.45, 2.75) is 18.7 Å². The molecule has 4 nitrogen and oxygen atoms in total. The largest absolute Gasteiger partial charge is 0.398 e. The van der Waals surface area contributed by atoms with Crippen molar-refractivity contribution >= 4 is 33.0 Å². The summed E-state index contributed by atoms with van der Waals surface area (Å²) >= 11 is 5.93. The summed E-state index contributed by atoms with van der Waals surface area (Å²) in [6, 6.07) is 9.84. The molecular weight excluding hydrogens is 296 g/mol. The second-order valence-corrected chi connectivity index (χ2v) is 6.70. The summed E-state index contributed by atoms with van der Waals surface area (Å²) in [5.74, 6) is 0. The number of nitrogen functional groups attached to an aromatic ring is 1. The Kier molecular flexibility index (Phi) is 3.92. The van der Waals surface area contributed by atoms with Crippen LogP contribution >= 0.6 is 11.6 Å². The number of aryl methyl sites for hydroxylation is 2. The maximum Gasteiger partial charge on any atom is 0.261 e. The fourth-order valence-corrected chi connectivity index (χ4v) is 3.19. The van der Waals surface area contributed by atoms with Gasteiger partial charge >= 0.3 is 0 Å². The van der Waals surface area contributed by atoms with Crippen LogP contribution < -0.4 is 10.5 Å². The van der Waals surface area contributed by atoms with Gasteiger partial charge in [-0.15, -0.1) is 0 Å². The molecule has 2 aromatic carbocycles. The van der Waals surface area contributed by atoms with Gasteiger partial charge < -0.3 is 5.73 Å². The van der Waals surface area contributed by atoms with Crippen LogP contribution in [-0.4, -0.2) is 8.42 Å². The topological polar surface area (TPSA) is 72.2 Å². The summed E-state index contributed by atoms with van der Waals surface area (Å²) in [6.07, 6.45) is 0. The van der Waals surface area contributed by atoms with Crippen LogP contribution in [0.25, 0.3) is 0 Å². The van der Waals surface area contributed by atoms with Gasteiger partial charge in [0.15, 0.2) is 0 Å². The van der Waals surface area contributed by atoms with Crippen LogP contribution in [-0.2, 0) is 10.0 Å². The van der Waals surface area contributed by atoms with Crippen LogP contribution in [0.4, 0.5) is 11.4 Å². The molecule has 0 radical (unpaired) electrons. The van der Waals surface area contributed by atoms with Crippen molar-refractivity contribution in [3.05, 3.63) is 52.5 Å². The number of anilines is 2. The van der Waals surface area contributed by atoms with Gasteiger partial charge in [-0.2, -0.15) is 0 Å². The molecule has 0 atom stereocenters. The Morgan fingerprint density at radius 2 is 1.85 bits per heavy atom. The van der Waals surface area contributed by atoms with Crippen molar-refractivity contribution in [1.29, 1.82) is 0 Å². The summed E-state index contributed by atoms with van der Waals surface area (Å²) in [5.41, 5.74) is 8.10. The van der Waals surface area contributed by atoms with E-state index < -0.39 is 10.0 Å². The minimum Gasteiger partial charge on any atom is -0.398 e. The molecule has 0 fully saturated rings. The van der Waals surface area contributed by atoms with E-state index in [4.69, 9.17) is 17.3 Å². The SMILES string of the molecule is Cc1cccc(S(=O)(=O)Nc2cc(Cl)c(N)cc2C)c1. The van der Waals surface area contributed by atoms with Gasteiger partial charge in [0.25, 0.3) is 10.0 Å². The smallest absolute Gasteiger partial charge is 0.261 e. The fourth-order valence-electron chi connectivity index (χ4n) is 1.80. The van der Waals surface area contributed by atoms with Crippen LogP contribution in [0.1, 0.15) is 11.1 Å². The standard InChI is InChI=1S/C14H15ClN2O2S/c1-9-4-3-5-11(6-9)20(18,19)17-14-8-12(15)13(16)7-10(14)2/h3-8,17H,16H2,1-2H3. The lowest BCUT2D eigenvalue weighted by molar-refractivity contribution is 0.601. The average molecular weight is 311 g/mol. The summed E-state index contributed by atoms with van der Waals surface area (Å²) in [6.45, 7) is 3.60. The second kappa shape index (κ2) is 5.34. The molecule has 0 saturated heterocycles. The quantitative estimate of drug-likeness (QED) is 0.854. The molecule has 0 heterocycles. The van der Waals surface area contributed by atoms with Gasteiger partial charge in [0.05, 0.1) is 21.3 Å². The zero-order valence-corrected chi connectivity index (χ0v) is 12.7. The Morgan fingerprint density at radius 1 is 1.15 bits per heavy atom. The Hall–Kier alpha value is -1.72. The molecule has 2 aromatic rings. The number of hydrogen-bond donors (Lipinski definition) is 2. The Bertz CT molecular complexity index is 758. The van der Waals surface area contributed by atoms with E-state index in [9.17, 15) is 8.42 Å². The first-order valence-electron chi connectivity index (χ1n) is 5.95. The number of rotatable bonds is 3. The fraction of sp³-hybridized carbons (Fsp3) is 0.143. The van der Waals surface area contributed by atoms with Crippen LogP contribution in [0, 0.1) is 13.8 Å². The summed E-state index contributed by atoms with van der Waals surface area (Å²) in [5, 5.41) is 0.317. The number of halogens is 1. The highest BCUT2D eigenvalue weighted by molar-refractivity contribution is 7.92. The third-order valence-corrected chi connectivity index (χ3v) is 4.58. The highest BCUT2D eigenvalue weighted by Gasteiger charge is 2.16. The zero-order chi connectivity index (χ0) is 14.9. The van der Waals surface area contributed by atoms with E-state index in [2.05, 4.69) is 4.72 Å². The third-order valence-electron chi connectivity index (χ3n) is 2.89. The van der Waals surface area contributed by atoms with E-state index in [0.717, 1.165) is 5.56 Å². The number of nitrogens with one attached hydrogen (secondary N) is 1. The Balaban J connectivity index is 2.41. The predicted molar refractivity (Wildman–Crippen MR) is 82.6 cm³/mol. The molecule has 0 aliphatic carbocycles. The van der Waals surface area contributed by atoms with Crippen molar-refractivity contribution in [3.8, 4) is 0 Å². The number of sulfonamides is 1. The minimum atomic E-state index is -3.64. The molecule has 0 bridgehead atoms. The molecule has 3 N–H and O–H groups in total. The maximum atomic E-state index is 12.3. The number of nitrogens with two attached hydrogens (primary N) is 1. The first kappa shape index (κ1) is 14.7. The van der Waals surface area contributed by atoms with Gasteiger partial charge in [0.1, 0.15) is 0 Å². The molecule has 0 aliphatic rings. The molecule has 0 unspecified atom stereocenters. The summed E-state index contributed by atoms with van der Waals surface area (Å²) in [7, 11) is -3.64. The molecular formula is C14H15ClN2O2S. The third kappa shape index (κ3) is 3.05. The molecule has 0 amide bonds. The van der Waals surface area contributed by atoms with E-state index in [0.29, 0.717) is 22.0 Å². The molecule has 0 spiro atoms. The number of benzene rings is 2. The van der Waals surface area contributed by atoms with Gasteiger partial charge in [-0.25, -0.2) is 8.42 Å². The molecule has 106 valence electrons. The van der Waals surface area contributed by atoms with Gasteiger partial charge in [-0.1, -0.05) is 23.7 Å². The van der Waals surface area contributed by atoms with Crippen molar-refractivity contribution in [1.82, 2.24) is 0 Å². The monoisotopic (exact) mass is 310 g/mol. The van der Waals surface area contributed by atoms with Gasteiger partial charge in [0, 0.05) is 0 Å². The van der Waals surface area contributed by atoms with Crippen molar-refractivity contribution < 1.29 is 8.42 Å². The van der Waals surface area contributed by atoms with Crippen molar-refractivity contribution in [2.24, 2.45) is 0 Å². The first-order valence-corrected chi connectivity index (χ1v) is 7.81. The van der Waals surface area contributed by atoms with Crippen LogP contribution in [0.2, 0.25) is 5.02 Å². The molecule has 2 rings (SSSR count). The van der Waals surface area contributed by atoms with E-state index in [1.165, 1.54) is 6.07 Å². The van der Waals surface area contributed by atoms with Crippen LogP contribution in [0.3, 0.4) is 0 Å². The molecule has 6 heteroatoms. The normalized spacial score (nSPS) is 11.3. The van der Waals surface area contributed by atoms with Gasteiger partial charge in [-0.05, 0) is 49.2 Å². The minimum absolute atomic E-state index is 0.213. The van der Waals surface area contributed by atoms with Crippen LogP contribution in [0.15, 0.2) is 41.3 Å². The molecule has 0 aliphatic heterocycles. The summed E-state index contributed by atoms with van der Waals surface area (Å²) in [4.78, 5) is 0.213. The lowest BCUT2D eigenvalue weighted by atomic mass is 10.2. The molecule has 0 saturated carbocycles. The van der Waals surface area contributed by atoms with E-state index >= 15 is 0 Å². The van der Waals surface area contributed by atoms with Crippen LogP contribution in [0.5, 0.6) is 0 Å². The molecule has 0 aromatic heterocycles. The maximum absolute atomic E-state index is 12.3. The van der Waals surface area contributed by atoms with E-state index in [1.807, 2.05) is 13.0 Å². The van der Waals surface area contributed by atoms with E-state index in [1.54, 1.807) is 31.2 Å². The average Bonchev–Trinajstić information content (AvgIpc) is 2.36. The Morgan fingerprint density at radius 3 is 2.50 bits per heavy atom. The second-order valence-electron chi connectivity index (χ2n) is 4.61. The van der Waals surface area contributed by atoms with Gasteiger partial charge in [-0.3, -0.25) is 4.72 Å². The number of hydrogen-bond acceptors (Lipinski definition) is 3. The lowest BCUT2D eigenvalue weighted by Gasteiger charge is -2.12. The molecule has 20 heavy (non-hydrogen) atoms. The van der Waals surface area contributed by atoms with Gasteiger partial charge in [0.2, 0.25) is 0 Å². The summed E-state index contributed by atoms with van der Waals surface area (Å²) < 4.78 is 27.2. The Labute approximate surface area is 123 Å².